The van der Waals surface area contributed by atoms with E-state index in [0.717, 1.165) is 6.20 Å². The average molecular weight is 310 g/mol. The zero-order chi connectivity index (χ0) is 16.7. The Kier molecular flexibility index (Phi) is 5.34. The van der Waals surface area contributed by atoms with Crippen LogP contribution in [0.2, 0.25) is 0 Å². The first-order valence-corrected chi connectivity index (χ1v) is 5.43. The van der Waals surface area contributed by atoms with Crippen molar-refractivity contribution < 1.29 is 19.8 Å². The van der Waals surface area contributed by atoms with Crippen LogP contribution in [0.15, 0.2) is 28.0 Å². The maximum Gasteiger partial charge on any atom is 0.410 e. The molecule has 0 radical (unpaired) electrons. The molecular weight excluding hydrogens is 300 g/mol. The van der Waals surface area contributed by atoms with E-state index in [9.17, 15) is 19.2 Å². The number of hydrogen-bond donors (Lipinski definition) is 6. The van der Waals surface area contributed by atoms with Gasteiger partial charge >= 0.3 is 23.4 Å². The third-order valence-corrected chi connectivity index (χ3v) is 1.99. The van der Waals surface area contributed by atoms with Crippen LogP contribution >= 0.6 is 0 Å². The Balaban J connectivity index is 0.000000220. The summed E-state index contributed by atoms with van der Waals surface area (Å²) in [6.45, 7) is 0. The van der Waals surface area contributed by atoms with E-state index in [4.69, 9.17) is 15.9 Å². The van der Waals surface area contributed by atoms with E-state index in [0.29, 0.717) is 0 Å². The van der Waals surface area contributed by atoms with Crippen LogP contribution < -0.4 is 22.4 Å². The molecule has 0 saturated carbocycles. The fourth-order valence-electron chi connectivity index (χ4n) is 1.13. The molecule has 116 valence electrons. The molecule has 0 atom stereocenters. The number of nitrogens with one attached hydrogen (secondary N) is 3. The number of amides is 1. The molecule has 0 aliphatic carbocycles. The zero-order valence-electron chi connectivity index (χ0n) is 10.7. The number of carboxylic acids is 1. The predicted molar refractivity (Wildman–Crippen MR) is 72.7 cm³/mol. The largest absolute Gasteiger partial charge is 0.478 e. The number of aromatic carboxylic acids is 1. The van der Waals surface area contributed by atoms with Crippen molar-refractivity contribution in [3.8, 4) is 0 Å². The summed E-state index contributed by atoms with van der Waals surface area (Å²) in [7, 11) is 0. The van der Waals surface area contributed by atoms with Gasteiger partial charge in [-0.25, -0.2) is 29.1 Å². The molecular formula is C10H10N6O6. The van der Waals surface area contributed by atoms with E-state index < -0.39 is 23.4 Å². The third kappa shape index (κ3) is 5.12. The normalized spacial score (nSPS) is 9.27. The minimum atomic E-state index is -1.23. The van der Waals surface area contributed by atoms with E-state index in [-0.39, 0.29) is 17.2 Å². The molecule has 0 bridgehead atoms. The second-order valence-corrected chi connectivity index (χ2v) is 3.54. The van der Waals surface area contributed by atoms with E-state index in [1.165, 1.54) is 12.3 Å². The number of carbonyl (C=O) groups is 2. The van der Waals surface area contributed by atoms with Crippen LogP contribution in [0.5, 0.6) is 0 Å². The van der Waals surface area contributed by atoms with E-state index in [1.54, 1.807) is 0 Å². The highest BCUT2D eigenvalue weighted by atomic mass is 16.4. The van der Waals surface area contributed by atoms with Gasteiger partial charge in [-0.15, -0.1) is 0 Å². The summed E-state index contributed by atoms with van der Waals surface area (Å²) in [5.74, 6) is -1.29. The average Bonchev–Trinajstić information content (AvgIpc) is 2.37. The van der Waals surface area contributed by atoms with Gasteiger partial charge in [0.1, 0.15) is 17.2 Å². The maximum absolute atomic E-state index is 10.5. The van der Waals surface area contributed by atoms with Gasteiger partial charge in [-0.2, -0.15) is 0 Å². The van der Waals surface area contributed by atoms with Crippen LogP contribution in [0.25, 0.3) is 0 Å². The molecule has 0 saturated heterocycles. The Morgan fingerprint density at radius 3 is 2.27 bits per heavy atom. The number of nitrogens with two attached hydrogens (primary N) is 1. The number of hydrogen-bond acceptors (Lipinski definition) is 7. The fraction of sp³-hybridized carbons (Fsp3) is 0. The highest BCUT2D eigenvalue weighted by molar-refractivity contribution is 5.91. The van der Waals surface area contributed by atoms with Crippen molar-refractivity contribution in [1.82, 2.24) is 19.9 Å². The second kappa shape index (κ2) is 7.18. The first-order chi connectivity index (χ1) is 10.3. The minimum absolute atomic E-state index is 0.109. The number of anilines is 2. The Labute approximate surface area is 120 Å². The molecule has 0 spiro atoms. The van der Waals surface area contributed by atoms with Gasteiger partial charge in [0.25, 0.3) is 0 Å². The Morgan fingerprint density at radius 1 is 1.14 bits per heavy atom. The lowest BCUT2D eigenvalue weighted by molar-refractivity contribution is 0.0697. The SMILES string of the molecule is Nc1[nH]c(=O)ncc1C(=O)O.O=C(O)Nc1ccnc(=O)[nH]1. The lowest BCUT2D eigenvalue weighted by atomic mass is 10.3. The fourth-order valence-corrected chi connectivity index (χ4v) is 1.13. The van der Waals surface area contributed by atoms with Crippen LogP contribution in [-0.4, -0.2) is 42.2 Å². The quantitative estimate of drug-likeness (QED) is 0.398. The third-order valence-electron chi connectivity index (χ3n) is 1.99. The molecule has 0 unspecified atom stereocenters. The van der Waals surface area contributed by atoms with Crippen LogP contribution in [0, 0.1) is 0 Å². The van der Waals surface area contributed by atoms with Gasteiger partial charge in [0.15, 0.2) is 0 Å². The molecule has 0 aromatic carbocycles. The lowest BCUT2D eigenvalue weighted by Gasteiger charge is -1.96. The molecule has 1 amide bonds. The molecule has 0 aliphatic rings. The predicted octanol–water partition coefficient (Wildman–Crippen LogP) is -1.09. The molecule has 2 aromatic heterocycles. The summed E-state index contributed by atoms with van der Waals surface area (Å²) in [6.07, 6.45) is 0.896. The zero-order valence-corrected chi connectivity index (χ0v) is 10.7. The highest BCUT2D eigenvalue weighted by Crippen LogP contribution is 2.01. The number of H-pyrrole nitrogens is 2. The van der Waals surface area contributed by atoms with E-state index >= 15 is 0 Å². The second-order valence-electron chi connectivity index (χ2n) is 3.54. The van der Waals surface area contributed by atoms with Crippen molar-refractivity contribution in [2.24, 2.45) is 0 Å². The van der Waals surface area contributed by atoms with Gasteiger partial charge in [-0.3, -0.25) is 15.3 Å². The van der Waals surface area contributed by atoms with Crippen molar-refractivity contribution in [3.05, 3.63) is 45.0 Å². The van der Waals surface area contributed by atoms with Gasteiger partial charge in [-0.05, 0) is 6.07 Å². The summed E-state index contributed by atoms with van der Waals surface area (Å²) in [4.78, 5) is 51.9. The Morgan fingerprint density at radius 2 is 1.77 bits per heavy atom. The van der Waals surface area contributed by atoms with Gasteiger partial charge in [-0.1, -0.05) is 0 Å². The monoisotopic (exact) mass is 310 g/mol. The van der Waals surface area contributed by atoms with Gasteiger partial charge in [0.05, 0.1) is 6.20 Å². The Hall–Kier alpha value is -3.70. The molecule has 0 fully saturated rings. The molecule has 0 aliphatic heterocycles. The molecule has 22 heavy (non-hydrogen) atoms. The Bertz CT molecular complexity index is 797. The van der Waals surface area contributed by atoms with Crippen molar-refractivity contribution in [1.29, 1.82) is 0 Å². The van der Waals surface area contributed by atoms with Crippen LogP contribution in [-0.2, 0) is 0 Å². The number of aromatic nitrogens is 4. The molecule has 12 heteroatoms. The number of rotatable bonds is 2. The van der Waals surface area contributed by atoms with Gasteiger partial charge in [0, 0.05) is 6.20 Å². The van der Waals surface area contributed by atoms with Crippen LogP contribution in [0.1, 0.15) is 10.4 Å². The molecule has 12 nitrogen and oxygen atoms in total. The summed E-state index contributed by atoms with van der Waals surface area (Å²) in [5, 5.41) is 18.6. The first kappa shape index (κ1) is 16.4. The summed E-state index contributed by atoms with van der Waals surface area (Å²) in [5.41, 5.74) is 3.70. The van der Waals surface area contributed by atoms with Crippen molar-refractivity contribution >= 4 is 23.7 Å². The number of carboxylic acid groups (broad SMARTS) is 2. The topological polar surface area (TPSA) is 204 Å². The molecule has 7 N–H and O–H groups in total. The van der Waals surface area contributed by atoms with Gasteiger partial charge < -0.3 is 15.9 Å². The lowest BCUT2D eigenvalue weighted by Crippen LogP contribution is -2.16. The minimum Gasteiger partial charge on any atom is -0.478 e. The molecule has 2 aromatic rings. The van der Waals surface area contributed by atoms with Crippen molar-refractivity contribution in [2.45, 2.75) is 0 Å². The number of nitrogen functional groups attached to an aromatic ring is 1. The van der Waals surface area contributed by atoms with E-state index in [2.05, 4.69) is 19.9 Å². The van der Waals surface area contributed by atoms with E-state index in [1.807, 2.05) is 5.32 Å². The van der Waals surface area contributed by atoms with Gasteiger partial charge in [0.2, 0.25) is 0 Å². The van der Waals surface area contributed by atoms with Crippen LogP contribution in [0.4, 0.5) is 16.4 Å². The van der Waals surface area contributed by atoms with Crippen molar-refractivity contribution in [2.75, 3.05) is 11.1 Å². The smallest absolute Gasteiger partial charge is 0.410 e. The standard InChI is InChI=1S/2C5H5N3O3/c6-3-2(4(9)10)1-7-5(11)8-3;9-4-6-2-1-3(7-4)8-5(10)11/h1H,(H,9,10)(H3,6,7,8,11);1-2H,(H,10,11)(H2,6,7,8,9). The summed E-state index contributed by atoms with van der Waals surface area (Å²) in [6, 6.07) is 1.34. The first-order valence-electron chi connectivity index (χ1n) is 5.43. The maximum atomic E-state index is 10.5. The summed E-state index contributed by atoms with van der Waals surface area (Å²) < 4.78 is 0. The summed E-state index contributed by atoms with van der Waals surface area (Å²) >= 11 is 0. The highest BCUT2D eigenvalue weighted by Gasteiger charge is 2.07. The van der Waals surface area contributed by atoms with Crippen LogP contribution in [0.3, 0.4) is 0 Å². The van der Waals surface area contributed by atoms with Crippen molar-refractivity contribution in [3.63, 3.8) is 0 Å². The molecule has 2 heterocycles. The number of nitrogens with zero attached hydrogens (tertiary/aromatic N) is 2. The number of aromatic amines is 2. The molecule has 2 rings (SSSR count).